The molecule has 2 aromatic rings. The third kappa shape index (κ3) is 3.96. The fourth-order valence-electron chi connectivity index (χ4n) is 3.19. The van der Waals surface area contributed by atoms with Crippen LogP contribution >= 0.6 is 0 Å². The molecule has 0 saturated carbocycles. The molecule has 1 amide bonds. The van der Waals surface area contributed by atoms with E-state index in [0.717, 1.165) is 30.6 Å². The van der Waals surface area contributed by atoms with Gasteiger partial charge in [-0.15, -0.1) is 0 Å². The molecule has 1 aromatic carbocycles. The van der Waals surface area contributed by atoms with Crippen LogP contribution in [0.25, 0.3) is 0 Å². The van der Waals surface area contributed by atoms with E-state index in [1.807, 2.05) is 37.1 Å². The minimum Gasteiger partial charge on any atom is -0.384 e. The zero-order chi connectivity index (χ0) is 18.0. The molecule has 2 heterocycles. The van der Waals surface area contributed by atoms with Crippen LogP contribution in [0.4, 0.5) is 5.82 Å². The van der Waals surface area contributed by atoms with Gasteiger partial charge in [0.15, 0.2) is 0 Å². The van der Waals surface area contributed by atoms with E-state index in [-0.39, 0.29) is 5.91 Å². The highest BCUT2D eigenvalue weighted by Gasteiger charge is 2.29. The van der Waals surface area contributed by atoms with Gasteiger partial charge in [0.2, 0.25) is 0 Å². The van der Waals surface area contributed by atoms with Gasteiger partial charge in [-0.1, -0.05) is 6.07 Å². The van der Waals surface area contributed by atoms with Crippen LogP contribution in [0, 0.1) is 13.8 Å². The maximum absolute atomic E-state index is 12.7. The Hall–Kier alpha value is -2.47. The number of nitrogen functional groups attached to an aromatic ring is 1. The standard InChI is InChI=1S/C19H25N5O/c1-13-4-5-15(10-14(13)2)19(25)24-9-7-16(11-24)23(3)12-18-21-8-6-17(20)22-18/h4-6,8,10,16H,7,9,11-12H2,1-3H3,(H2,20,21,22). The molecule has 25 heavy (non-hydrogen) atoms. The summed E-state index contributed by atoms with van der Waals surface area (Å²) in [7, 11) is 2.04. The molecular weight excluding hydrogens is 314 g/mol. The largest absolute Gasteiger partial charge is 0.384 e. The van der Waals surface area contributed by atoms with Gasteiger partial charge >= 0.3 is 0 Å². The predicted molar refractivity (Wildman–Crippen MR) is 98.1 cm³/mol. The summed E-state index contributed by atoms with van der Waals surface area (Å²) >= 11 is 0. The summed E-state index contributed by atoms with van der Waals surface area (Å²) in [6.45, 7) is 6.23. The van der Waals surface area contributed by atoms with Crippen molar-refractivity contribution >= 4 is 11.7 Å². The van der Waals surface area contributed by atoms with Gasteiger partial charge in [0.1, 0.15) is 11.6 Å². The molecule has 1 unspecified atom stereocenters. The second kappa shape index (κ2) is 7.19. The molecule has 2 N–H and O–H groups in total. The first-order chi connectivity index (χ1) is 11.9. The maximum Gasteiger partial charge on any atom is 0.253 e. The third-order valence-corrected chi connectivity index (χ3v) is 4.95. The summed E-state index contributed by atoms with van der Waals surface area (Å²) in [5.41, 5.74) is 8.84. The highest BCUT2D eigenvalue weighted by atomic mass is 16.2. The first-order valence-electron chi connectivity index (χ1n) is 8.58. The lowest BCUT2D eigenvalue weighted by atomic mass is 10.1. The van der Waals surface area contributed by atoms with Gasteiger partial charge in [0, 0.05) is 30.9 Å². The molecule has 3 rings (SSSR count). The van der Waals surface area contributed by atoms with Gasteiger partial charge in [-0.2, -0.15) is 0 Å². The van der Waals surface area contributed by atoms with E-state index >= 15 is 0 Å². The van der Waals surface area contributed by atoms with Gasteiger partial charge in [0.25, 0.3) is 5.91 Å². The normalized spacial score (nSPS) is 17.3. The number of benzene rings is 1. The van der Waals surface area contributed by atoms with Gasteiger partial charge < -0.3 is 10.6 Å². The number of nitrogens with two attached hydrogens (primary N) is 1. The summed E-state index contributed by atoms with van der Waals surface area (Å²) in [4.78, 5) is 25.4. The molecule has 6 nitrogen and oxygen atoms in total. The Bertz CT molecular complexity index is 776. The van der Waals surface area contributed by atoms with Crippen LogP contribution in [-0.2, 0) is 6.54 Å². The zero-order valence-electron chi connectivity index (χ0n) is 15.1. The Morgan fingerprint density at radius 3 is 2.84 bits per heavy atom. The van der Waals surface area contributed by atoms with Crippen molar-refractivity contribution in [3.05, 3.63) is 53.0 Å². The number of aryl methyl sites for hydroxylation is 2. The Balaban J connectivity index is 1.62. The fourth-order valence-corrected chi connectivity index (χ4v) is 3.19. The molecule has 1 atom stereocenters. The van der Waals surface area contributed by atoms with Crippen molar-refractivity contribution < 1.29 is 4.79 Å². The van der Waals surface area contributed by atoms with E-state index < -0.39 is 0 Å². The summed E-state index contributed by atoms with van der Waals surface area (Å²) in [6, 6.07) is 7.90. The SMILES string of the molecule is Cc1ccc(C(=O)N2CCC(N(C)Cc3nccc(N)n3)C2)cc1C. The molecule has 1 aromatic heterocycles. The van der Waals surface area contributed by atoms with Crippen molar-refractivity contribution in [3.8, 4) is 0 Å². The van der Waals surface area contributed by atoms with Gasteiger partial charge in [-0.3, -0.25) is 9.69 Å². The summed E-state index contributed by atoms with van der Waals surface area (Å²) < 4.78 is 0. The number of carbonyl (C=O) groups excluding carboxylic acids is 1. The average Bonchev–Trinajstić information content (AvgIpc) is 3.07. The molecule has 0 spiro atoms. The maximum atomic E-state index is 12.7. The van der Waals surface area contributed by atoms with E-state index in [9.17, 15) is 4.79 Å². The number of likely N-dealkylation sites (N-methyl/N-ethyl adjacent to an activating group) is 1. The van der Waals surface area contributed by atoms with Crippen molar-refractivity contribution in [2.75, 3.05) is 25.9 Å². The van der Waals surface area contributed by atoms with Crippen LogP contribution in [0.2, 0.25) is 0 Å². The van der Waals surface area contributed by atoms with E-state index in [1.54, 1.807) is 12.3 Å². The molecular formula is C19H25N5O. The van der Waals surface area contributed by atoms with Crippen molar-refractivity contribution in [2.24, 2.45) is 0 Å². The van der Waals surface area contributed by atoms with Crippen LogP contribution in [0.3, 0.4) is 0 Å². The van der Waals surface area contributed by atoms with Crippen LogP contribution in [0.1, 0.15) is 33.7 Å². The zero-order valence-corrected chi connectivity index (χ0v) is 15.1. The number of hydrogen-bond donors (Lipinski definition) is 1. The van der Waals surface area contributed by atoms with E-state index in [4.69, 9.17) is 5.73 Å². The number of rotatable bonds is 4. The Morgan fingerprint density at radius 1 is 1.32 bits per heavy atom. The topological polar surface area (TPSA) is 75.4 Å². The van der Waals surface area contributed by atoms with Crippen molar-refractivity contribution in [2.45, 2.75) is 32.9 Å². The Labute approximate surface area is 148 Å². The first kappa shape index (κ1) is 17.4. The monoisotopic (exact) mass is 339 g/mol. The number of aromatic nitrogens is 2. The lowest BCUT2D eigenvalue weighted by molar-refractivity contribution is 0.0779. The molecule has 1 aliphatic rings. The van der Waals surface area contributed by atoms with E-state index in [2.05, 4.69) is 21.8 Å². The van der Waals surface area contributed by atoms with Gasteiger partial charge in [0.05, 0.1) is 6.54 Å². The fraction of sp³-hybridized carbons (Fsp3) is 0.421. The lowest BCUT2D eigenvalue weighted by Crippen LogP contribution is -2.36. The minimum atomic E-state index is 0.110. The number of hydrogen-bond acceptors (Lipinski definition) is 5. The summed E-state index contributed by atoms with van der Waals surface area (Å²) in [6.07, 6.45) is 2.63. The Kier molecular flexibility index (Phi) is 4.99. The van der Waals surface area contributed by atoms with Crippen LogP contribution in [0.15, 0.2) is 30.5 Å². The number of likely N-dealkylation sites (tertiary alicyclic amines) is 1. The molecule has 6 heteroatoms. The predicted octanol–water partition coefficient (Wildman–Crippen LogP) is 2.02. The molecule has 1 saturated heterocycles. The summed E-state index contributed by atoms with van der Waals surface area (Å²) in [5.74, 6) is 1.30. The lowest BCUT2D eigenvalue weighted by Gasteiger charge is -2.24. The molecule has 0 radical (unpaired) electrons. The van der Waals surface area contributed by atoms with E-state index in [0.29, 0.717) is 24.2 Å². The molecule has 132 valence electrons. The molecule has 0 bridgehead atoms. The number of nitrogens with zero attached hydrogens (tertiary/aromatic N) is 4. The highest BCUT2D eigenvalue weighted by Crippen LogP contribution is 2.19. The molecule has 1 fully saturated rings. The van der Waals surface area contributed by atoms with E-state index in [1.165, 1.54) is 5.56 Å². The average molecular weight is 339 g/mol. The molecule has 1 aliphatic heterocycles. The van der Waals surface area contributed by atoms with Crippen molar-refractivity contribution in [3.63, 3.8) is 0 Å². The molecule has 0 aliphatic carbocycles. The quantitative estimate of drug-likeness (QED) is 0.922. The third-order valence-electron chi connectivity index (χ3n) is 4.95. The number of anilines is 1. The second-order valence-electron chi connectivity index (χ2n) is 6.81. The highest BCUT2D eigenvalue weighted by molar-refractivity contribution is 5.94. The minimum absolute atomic E-state index is 0.110. The first-order valence-corrected chi connectivity index (χ1v) is 8.58. The smallest absolute Gasteiger partial charge is 0.253 e. The number of carbonyl (C=O) groups is 1. The Morgan fingerprint density at radius 2 is 2.12 bits per heavy atom. The number of amides is 1. The van der Waals surface area contributed by atoms with Crippen molar-refractivity contribution in [1.29, 1.82) is 0 Å². The van der Waals surface area contributed by atoms with Crippen molar-refractivity contribution in [1.82, 2.24) is 19.8 Å². The van der Waals surface area contributed by atoms with Crippen LogP contribution in [-0.4, -0.2) is 51.9 Å². The second-order valence-corrected chi connectivity index (χ2v) is 6.81. The van der Waals surface area contributed by atoms with Gasteiger partial charge in [-0.05, 0) is 56.6 Å². The van der Waals surface area contributed by atoms with Crippen LogP contribution < -0.4 is 5.73 Å². The van der Waals surface area contributed by atoms with Crippen LogP contribution in [0.5, 0.6) is 0 Å². The van der Waals surface area contributed by atoms with Gasteiger partial charge in [-0.25, -0.2) is 9.97 Å². The summed E-state index contributed by atoms with van der Waals surface area (Å²) in [5, 5.41) is 0.